The topological polar surface area (TPSA) is 62.7 Å². The standard InChI is InChI=1S/C26H35N3O3/c1-2-3-4-5-6-7-19-32-24-12-10-23(11-13-24)26(31)29-17-15-28(16-18-29)25(30)20-22-9-8-14-27-21-22/h8-14,21H,2-7,15-20H2,1H3. The van der Waals surface area contributed by atoms with Crippen molar-refractivity contribution in [2.75, 3.05) is 32.8 Å². The lowest BCUT2D eigenvalue weighted by molar-refractivity contribution is -0.131. The van der Waals surface area contributed by atoms with Crippen LogP contribution in [-0.4, -0.2) is 59.4 Å². The van der Waals surface area contributed by atoms with E-state index >= 15 is 0 Å². The predicted octanol–water partition coefficient (Wildman–Crippen LogP) is 4.35. The van der Waals surface area contributed by atoms with Crippen LogP contribution in [0.3, 0.4) is 0 Å². The van der Waals surface area contributed by atoms with Crippen molar-refractivity contribution < 1.29 is 14.3 Å². The minimum atomic E-state index is 0.00633. The van der Waals surface area contributed by atoms with Crippen LogP contribution in [0.1, 0.15) is 61.4 Å². The normalized spacial score (nSPS) is 13.8. The first kappa shape index (κ1) is 23.8. The molecule has 2 amide bonds. The van der Waals surface area contributed by atoms with Gasteiger partial charge in [0.1, 0.15) is 5.75 Å². The van der Waals surface area contributed by atoms with Crippen LogP contribution in [-0.2, 0) is 11.2 Å². The van der Waals surface area contributed by atoms with E-state index in [1.165, 1.54) is 32.1 Å². The third-order valence-electron chi connectivity index (χ3n) is 5.87. The van der Waals surface area contributed by atoms with Crippen LogP contribution in [0.5, 0.6) is 5.75 Å². The molecule has 0 saturated carbocycles. The molecule has 0 unspecified atom stereocenters. The highest BCUT2D eigenvalue weighted by Gasteiger charge is 2.24. The molecular weight excluding hydrogens is 402 g/mol. The third-order valence-corrected chi connectivity index (χ3v) is 5.87. The molecule has 6 nitrogen and oxygen atoms in total. The molecule has 1 fully saturated rings. The second-order valence-corrected chi connectivity index (χ2v) is 8.35. The molecule has 1 aliphatic rings. The van der Waals surface area contributed by atoms with Crippen molar-refractivity contribution in [2.24, 2.45) is 0 Å². The van der Waals surface area contributed by atoms with Crippen molar-refractivity contribution >= 4 is 11.8 Å². The van der Waals surface area contributed by atoms with Crippen LogP contribution in [0.15, 0.2) is 48.8 Å². The summed E-state index contributed by atoms with van der Waals surface area (Å²) in [4.78, 5) is 33.1. The molecule has 172 valence electrons. The minimum absolute atomic E-state index is 0.00633. The number of hydrogen-bond donors (Lipinski definition) is 0. The highest BCUT2D eigenvalue weighted by Crippen LogP contribution is 2.16. The highest BCUT2D eigenvalue weighted by molar-refractivity contribution is 5.94. The van der Waals surface area contributed by atoms with Gasteiger partial charge in [0.15, 0.2) is 0 Å². The highest BCUT2D eigenvalue weighted by atomic mass is 16.5. The lowest BCUT2D eigenvalue weighted by atomic mass is 10.1. The molecule has 1 saturated heterocycles. The Morgan fingerprint density at radius 1 is 0.906 bits per heavy atom. The largest absolute Gasteiger partial charge is 0.494 e. The van der Waals surface area contributed by atoms with Crippen molar-refractivity contribution in [1.29, 1.82) is 0 Å². The third kappa shape index (κ3) is 7.36. The number of hydrogen-bond acceptors (Lipinski definition) is 4. The lowest BCUT2D eigenvalue weighted by Gasteiger charge is -2.35. The Morgan fingerprint density at radius 2 is 1.59 bits per heavy atom. The average molecular weight is 438 g/mol. The Labute approximate surface area is 191 Å². The quantitative estimate of drug-likeness (QED) is 0.491. The summed E-state index contributed by atoms with van der Waals surface area (Å²) in [5.74, 6) is 0.893. The Morgan fingerprint density at radius 3 is 2.28 bits per heavy atom. The summed E-state index contributed by atoms with van der Waals surface area (Å²) in [6.07, 6.45) is 11.2. The monoisotopic (exact) mass is 437 g/mol. The van der Waals surface area contributed by atoms with E-state index in [2.05, 4.69) is 11.9 Å². The van der Waals surface area contributed by atoms with Crippen molar-refractivity contribution in [1.82, 2.24) is 14.8 Å². The number of aromatic nitrogens is 1. The zero-order valence-electron chi connectivity index (χ0n) is 19.2. The fourth-order valence-corrected chi connectivity index (χ4v) is 3.90. The van der Waals surface area contributed by atoms with Gasteiger partial charge in [0.05, 0.1) is 13.0 Å². The average Bonchev–Trinajstić information content (AvgIpc) is 2.84. The number of pyridine rings is 1. The van der Waals surface area contributed by atoms with E-state index in [1.54, 1.807) is 12.4 Å². The number of benzene rings is 1. The molecule has 0 bridgehead atoms. The predicted molar refractivity (Wildman–Crippen MR) is 126 cm³/mol. The van der Waals surface area contributed by atoms with Gasteiger partial charge >= 0.3 is 0 Å². The number of carbonyl (C=O) groups is 2. The van der Waals surface area contributed by atoms with E-state index < -0.39 is 0 Å². The second kappa shape index (κ2) is 12.8. The van der Waals surface area contributed by atoms with Gasteiger partial charge in [0.2, 0.25) is 5.91 Å². The van der Waals surface area contributed by atoms with Crippen LogP contribution in [0.2, 0.25) is 0 Å². The summed E-state index contributed by atoms with van der Waals surface area (Å²) in [6, 6.07) is 11.2. The molecule has 0 aliphatic carbocycles. The molecule has 3 rings (SSSR count). The number of ether oxygens (including phenoxy) is 1. The zero-order valence-corrected chi connectivity index (χ0v) is 19.2. The molecule has 6 heteroatoms. The van der Waals surface area contributed by atoms with Gasteiger partial charge in [-0.25, -0.2) is 0 Å². The molecular formula is C26H35N3O3. The van der Waals surface area contributed by atoms with Crippen LogP contribution < -0.4 is 4.74 Å². The Bertz CT molecular complexity index is 831. The minimum Gasteiger partial charge on any atom is -0.494 e. The molecule has 0 radical (unpaired) electrons. The van der Waals surface area contributed by atoms with Gasteiger partial charge in [-0.2, -0.15) is 0 Å². The van der Waals surface area contributed by atoms with Gasteiger partial charge in [0.25, 0.3) is 5.91 Å². The molecule has 1 aliphatic heterocycles. The first-order valence-electron chi connectivity index (χ1n) is 11.9. The van der Waals surface area contributed by atoms with E-state index in [0.717, 1.165) is 17.7 Å². The van der Waals surface area contributed by atoms with Crippen LogP contribution in [0.25, 0.3) is 0 Å². The van der Waals surface area contributed by atoms with Crippen molar-refractivity contribution in [3.05, 3.63) is 59.9 Å². The van der Waals surface area contributed by atoms with Gasteiger partial charge in [-0.15, -0.1) is 0 Å². The van der Waals surface area contributed by atoms with E-state index in [4.69, 9.17) is 4.74 Å². The van der Waals surface area contributed by atoms with Crippen LogP contribution in [0.4, 0.5) is 0 Å². The van der Waals surface area contributed by atoms with Crippen molar-refractivity contribution in [3.63, 3.8) is 0 Å². The van der Waals surface area contributed by atoms with Gasteiger partial charge in [-0.3, -0.25) is 14.6 Å². The van der Waals surface area contributed by atoms with E-state index in [9.17, 15) is 9.59 Å². The molecule has 32 heavy (non-hydrogen) atoms. The van der Waals surface area contributed by atoms with Gasteiger partial charge in [0, 0.05) is 44.1 Å². The summed E-state index contributed by atoms with van der Waals surface area (Å²) in [7, 11) is 0. The summed E-state index contributed by atoms with van der Waals surface area (Å²) in [5.41, 5.74) is 1.57. The first-order valence-corrected chi connectivity index (χ1v) is 11.9. The zero-order chi connectivity index (χ0) is 22.6. The van der Waals surface area contributed by atoms with E-state index in [-0.39, 0.29) is 11.8 Å². The molecule has 1 aromatic carbocycles. The Hall–Kier alpha value is -2.89. The Balaban J connectivity index is 1.38. The van der Waals surface area contributed by atoms with E-state index in [1.807, 2.05) is 46.2 Å². The van der Waals surface area contributed by atoms with Gasteiger partial charge < -0.3 is 14.5 Å². The number of carbonyl (C=O) groups excluding carboxylic acids is 2. The Kier molecular flexibility index (Phi) is 9.54. The maximum atomic E-state index is 12.8. The van der Waals surface area contributed by atoms with E-state index in [0.29, 0.717) is 44.8 Å². The molecule has 1 aromatic heterocycles. The summed E-state index contributed by atoms with van der Waals surface area (Å²) in [5, 5.41) is 0. The summed E-state index contributed by atoms with van der Waals surface area (Å²) < 4.78 is 5.81. The number of unbranched alkanes of at least 4 members (excludes halogenated alkanes) is 5. The fraction of sp³-hybridized carbons (Fsp3) is 0.500. The van der Waals surface area contributed by atoms with Crippen LogP contribution >= 0.6 is 0 Å². The summed E-state index contributed by atoms with van der Waals surface area (Å²) in [6.45, 7) is 5.16. The molecule has 0 atom stereocenters. The van der Waals surface area contributed by atoms with Crippen molar-refractivity contribution in [2.45, 2.75) is 51.9 Å². The molecule has 0 spiro atoms. The number of nitrogens with zero attached hydrogens (tertiary/aromatic N) is 3. The SMILES string of the molecule is CCCCCCCCOc1ccc(C(=O)N2CCN(C(=O)Cc3cccnc3)CC2)cc1. The number of piperazine rings is 1. The number of rotatable bonds is 11. The van der Waals surface area contributed by atoms with Gasteiger partial charge in [-0.05, 0) is 42.3 Å². The molecule has 0 N–H and O–H groups in total. The molecule has 2 aromatic rings. The fourth-order valence-electron chi connectivity index (χ4n) is 3.90. The molecule has 2 heterocycles. The first-order chi connectivity index (χ1) is 15.7. The lowest BCUT2D eigenvalue weighted by Crippen LogP contribution is -2.51. The summed E-state index contributed by atoms with van der Waals surface area (Å²) >= 11 is 0. The maximum Gasteiger partial charge on any atom is 0.253 e. The van der Waals surface area contributed by atoms with Crippen molar-refractivity contribution in [3.8, 4) is 5.75 Å². The van der Waals surface area contributed by atoms with Gasteiger partial charge in [-0.1, -0.05) is 45.1 Å². The maximum absolute atomic E-state index is 12.8. The number of amides is 2. The smallest absolute Gasteiger partial charge is 0.253 e. The second-order valence-electron chi connectivity index (χ2n) is 8.35. The van der Waals surface area contributed by atoms with Crippen LogP contribution in [0, 0.1) is 0 Å².